The summed E-state index contributed by atoms with van der Waals surface area (Å²) in [6.45, 7) is 4.18. The lowest BCUT2D eigenvalue weighted by Gasteiger charge is -2.04. The van der Waals surface area contributed by atoms with Gasteiger partial charge in [-0.3, -0.25) is 0 Å². The maximum absolute atomic E-state index is 5.80. The summed E-state index contributed by atoms with van der Waals surface area (Å²) in [7, 11) is 0. The number of nitrogens with zero attached hydrogens (tertiary/aromatic N) is 4. The first-order valence-corrected chi connectivity index (χ1v) is 8.35. The number of pyridine rings is 1. The molecule has 1 aliphatic carbocycles. The molecule has 0 amide bonds. The van der Waals surface area contributed by atoms with Crippen molar-refractivity contribution in [2.24, 2.45) is 0 Å². The van der Waals surface area contributed by atoms with E-state index in [0.29, 0.717) is 23.4 Å². The van der Waals surface area contributed by atoms with Gasteiger partial charge in [0, 0.05) is 18.0 Å². The molecule has 0 radical (unpaired) electrons. The molecular formula is C17H20N4O2. The van der Waals surface area contributed by atoms with E-state index in [2.05, 4.69) is 34.2 Å². The van der Waals surface area contributed by atoms with Crippen molar-refractivity contribution in [2.45, 2.75) is 57.8 Å². The van der Waals surface area contributed by atoms with Crippen LogP contribution >= 0.6 is 0 Å². The van der Waals surface area contributed by atoms with Gasteiger partial charge in [-0.05, 0) is 25.3 Å². The maximum Gasteiger partial charge on any atom is 0.257 e. The van der Waals surface area contributed by atoms with E-state index in [1.165, 1.54) is 25.7 Å². The third-order valence-corrected chi connectivity index (χ3v) is 4.82. The fraction of sp³-hybridized carbons (Fsp3) is 0.529. The number of hydrogen-bond donors (Lipinski definition) is 0. The maximum atomic E-state index is 5.80. The molecule has 0 saturated heterocycles. The Bertz CT molecular complexity index is 817. The van der Waals surface area contributed by atoms with Crippen LogP contribution < -0.4 is 0 Å². The second-order valence-electron chi connectivity index (χ2n) is 6.38. The van der Waals surface area contributed by atoms with Crippen LogP contribution in [0.5, 0.6) is 0 Å². The van der Waals surface area contributed by atoms with Crippen molar-refractivity contribution in [1.82, 2.24) is 20.3 Å². The molecule has 0 aliphatic heterocycles. The average Bonchev–Trinajstić information content (AvgIpc) is 3.31. The van der Waals surface area contributed by atoms with Crippen LogP contribution in [0.3, 0.4) is 0 Å². The highest BCUT2D eigenvalue weighted by Crippen LogP contribution is 2.37. The van der Waals surface area contributed by atoms with Gasteiger partial charge in [0.1, 0.15) is 0 Å². The van der Waals surface area contributed by atoms with Gasteiger partial charge < -0.3 is 8.94 Å². The Morgan fingerprint density at radius 3 is 2.87 bits per heavy atom. The van der Waals surface area contributed by atoms with E-state index in [1.54, 1.807) is 6.20 Å². The van der Waals surface area contributed by atoms with E-state index in [-0.39, 0.29) is 5.92 Å². The molecule has 6 heteroatoms. The lowest BCUT2D eigenvalue weighted by Crippen LogP contribution is -1.93. The van der Waals surface area contributed by atoms with Gasteiger partial charge >= 0.3 is 0 Å². The molecule has 1 atom stereocenters. The zero-order valence-electron chi connectivity index (χ0n) is 13.5. The smallest absolute Gasteiger partial charge is 0.257 e. The predicted molar refractivity (Wildman–Crippen MR) is 85.0 cm³/mol. The third kappa shape index (κ3) is 2.52. The molecule has 1 fully saturated rings. The molecule has 1 aliphatic rings. The SMILES string of the molecule is CC[C@@H](C)c1nnc(-c2cnc3onc(C4CCCC4)c3c2)o1. The zero-order chi connectivity index (χ0) is 15.8. The first-order chi connectivity index (χ1) is 11.3. The molecule has 4 rings (SSSR count). The second-order valence-corrected chi connectivity index (χ2v) is 6.38. The van der Waals surface area contributed by atoms with Gasteiger partial charge in [-0.25, -0.2) is 4.98 Å². The van der Waals surface area contributed by atoms with E-state index >= 15 is 0 Å². The number of aromatic nitrogens is 4. The fourth-order valence-electron chi connectivity index (χ4n) is 3.19. The molecule has 6 nitrogen and oxygen atoms in total. The van der Waals surface area contributed by atoms with Crippen molar-refractivity contribution in [3.05, 3.63) is 23.8 Å². The topological polar surface area (TPSA) is 77.8 Å². The Morgan fingerprint density at radius 2 is 2.09 bits per heavy atom. The molecule has 1 saturated carbocycles. The minimum absolute atomic E-state index is 0.262. The first kappa shape index (κ1) is 14.4. The summed E-state index contributed by atoms with van der Waals surface area (Å²) < 4.78 is 11.2. The molecule has 0 bridgehead atoms. The van der Waals surface area contributed by atoms with Gasteiger partial charge in [-0.2, -0.15) is 0 Å². The third-order valence-electron chi connectivity index (χ3n) is 4.82. The summed E-state index contributed by atoms with van der Waals surface area (Å²) in [6.07, 6.45) is 7.54. The van der Waals surface area contributed by atoms with E-state index in [9.17, 15) is 0 Å². The standard InChI is InChI=1S/C17H20N4O2/c1-3-10(2)15-19-20-16(22-15)12-8-13-14(11-6-4-5-7-11)21-23-17(13)18-9-12/h8-11H,3-7H2,1-2H3/t10-/m1/s1. The average molecular weight is 312 g/mol. The van der Waals surface area contributed by atoms with Crippen molar-refractivity contribution in [3.63, 3.8) is 0 Å². The van der Waals surface area contributed by atoms with Crippen molar-refractivity contribution in [3.8, 4) is 11.5 Å². The molecular weight excluding hydrogens is 292 g/mol. The minimum Gasteiger partial charge on any atom is -0.420 e. The van der Waals surface area contributed by atoms with Crippen molar-refractivity contribution in [1.29, 1.82) is 0 Å². The largest absolute Gasteiger partial charge is 0.420 e. The van der Waals surface area contributed by atoms with Gasteiger partial charge in [0.2, 0.25) is 11.8 Å². The van der Waals surface area contributed by atoms with E-state index in [1.807, 2.05) is 6.07 Å². The highest BCUT2D eigenvalue weighted by atomic mass is 16.5. The van der Waals surface area contributed by atoms with E-state index < -0.39 is 0 Å². The monoisotopic (exact) mass is 312 g/mol. The lowest BCUT2D eigenvalue weighted by atomic mass is 10.0. The normalized spacial score (nSPS) is 17.1. The molecule has 3 aromatic heterocycles. The van der Waals surface area contributed by atoms with Gasteiger partial charge in [-0.15, -0.1) is 10.2 Å². The summed E-state index contributed by atoms with van der Waals surface area (Å²) in [6, 6.07) is 2.01. The fourth-order valence-corrected chi connectivity index (χ4v) is 3.19. The minimum atomic E-state index is 0.262. The molecule has 3 aromatic rings. The Labute approximate surface area is 134 Å². The highest BCUT2D eigenvalue weighted by Gasteiger charge is 2.24. The van der Waals surface area contributed by atoms with Gasteiger partial charge in [0.25, 0.3) is 5.71 Å². The Kier molecular flexibility index (Phi) is 3.59. The molecule has 0 spiro atoms. The Morgan fingerprint density at radius 1 is 1.26 bits per heavy atom. The Balaban J connectivity index is 1.73. The highest BCUT2D eigenvalue weighted by molar-refractivity contribution is 5.80. The summed E-state index contributed by atoms with van der Waals surface area (Å²) in [5.74, 6) is 1.92. The van der Waals surface area contributed by atoms with E-state index in [4.69, 9.17) is 8.94 Å². The zero-order valence-corrected chi connectivity index (χ0v) is 13.5. The molecule has 0 N–H and O–H groups in total. The molecule has 0 aromatic carbocycles. The van der Waals surface area contributed by atoms with Crippen LogP contribution in [0, 0.1) is 0 Å². The molecule has 120 valence electrons. The van der Waals surface area contributed by atoms with Gasteiger partial charge in [-0.1, -0.05) is 31.8 Å². The summed E-state index contributed by atoms with van der Waals surface area (Å²) in [4.78, 5) is 4.37. The molecule has 0 unspecified atom stereocenters. The quantitative estimate of drug-likeness (QED) is 0.708. The molecule has 23 heavy (non-hydrogen) atoms. The van der Waals surface area contributed by atoms with Crippen LogP contribution in [0.4, 0.5) is 0 Å². The van der Waals surface area contributed by atoms with Crippen LogP contribution in [-0.2, 0) is 0 Å². The van der Waals surface area contributed by atoms with Gasteiger partial charge in [0.15, 0.2) is 0 Å². The molecule has 3 heterocycles. The summed E-state index contributed by atoms with van der Waals surface area (Å²) >= 11 is 0. The van der Waals surface area contributed by atoms with Crippen LogP contribution in [0.2, 0.25) is 0 Å². The van der Waals surface area contributed by atoms with E-state index in [0.717, 1.165) is 23.1 Å². The van der Waals surface area contributed by atoms with Crippen molar-refractivity contribution >= 4 is 11.1 Å². The van der Waals surface area contributed by atoms with Crippen molar-refractivity contribution < 1.29 is 8.94 Å². The summed E-state index contributed by atoms with van der Waals surface area (Å²) in [5, 5.41) is 13.5. The number of hydrogen-bond acceptors (Lipinski definition) is 6. The summed E-state index contributed by atoms with van der Waals surface area (Å²) in [5.41, 5.74) is 2.42. The van der Waals surface area contributed by atoms with Gasteiger partial charge in [0.05, 0.1) is 16.6 Å². The predicted octanol–water partition coefficient (Wildman–Crippen LogP) is 4.44. The lowest BCUT2D eigenvalue weighted by molar-refractivity contribution is 0.430. The van der Waals surface area contributed by atoms with Crippen LogP contribution in [0.1, 0.15) is 69.4 Å². The second kappa shape index (κ2) is 5.76. The van der Waals surface area contributed by atoms with Crippen LogP contribution in [-0.4, -0.2) is 20.3 Å². The van der Waals surface area contributed by atoms with Crippen LogP contribution in [0.25, 0.3) is 22.6 Å². The van der Waals surface area contributed by atoms with Crippen molar-refractivity contribution in [2.75, 3.05) is 0 Å². The Hall–Kier alpha value is -2.24. The number of rotatable bonds is 4. The number of fused-ring (bicyclic) bond motifs is 1. The van der Waals surface area contributed by atoms with Crippen LogP contribution in [0.15, 0.2) is 21.2 Å². The first-order valence-electron chi connectivity index (χ1n) is 8.35.